The summed E-state index contributed by atoms with van der Waals surface area (Å²) in [6.07, 6.45) is 7.76. The van der Waals surface area contributed by atoms with Crippen molar-refractivity contribution in [2.45, 2.75) is 51.9 Å². The molecule has 0 spiro atoms. The fourth-order valence-corrected chi connectivity index (χ4v) is 2.99. The number of hydrogen-bond acceptors (Lipinski definition) is 3. The summed E-state index contributed by atoms with van der Waals surface area (Å²) in [4.78, 5) is 25.3. The van der Waals surface area contributed by atoms with Gasteiger partial charge in [-0.15, -0.1) is 0 Å². The van der Waals surface area contributed by atoms with Gasteiger partial charge in [-0.3, -0.25) is 9.59 Å². The first-order valence-electron chi connectivity index (χ1n) is 9.38. The molecule has 2 amide bonds. The highest BCUT2D eigenvalue weighted by Gasteiger charge is 2.32. The van der Waals surface area contributed by atoms with Gasteiger partial charge in [0, 0.05) is 25.7 Å². The highest BCUT2D eigenvalue weighted by molar-refractivity contribution is 5.97. The second-order valence-electron chi connectivity index (χ2n) is 6.81. The van der Waals surface area contributed by atoms with Gasteiger partial charge in [-0.25, -0.2) is 0 Å². The van der Waals surface area contributed by atoms with Crippen LogP contribution in [0, 0.1) is 5.92 Å². The van der Waals surface area contributed by atoms with Crippen molar-refractivity contribution in [2.24, 2.45) is 5.92 Å². The molecule has 0 saturated carbocycles. The predicted octanol–water partition coefficient (Wildman–Crippen LogP) is 3.84. The van der Waals surface area contributed by atoms with Crippen molar-refractivity contribution in [3.8, 4) is 5.75 Å². The third kappa shape index (κ3) is 6.40. The van der Waals surface area contributed by atoms with E-state index in [0.717, 1.165) is 24.5 Å². The summed E-state index contributed by atoms with van der Waals surface area (Å²) >= 11 is 0. The molecular formula is C20H30N2O3. The summed E-state index contributed by atoms with van der Waals surface area (Å²) in [5, 5.41) is 2.87. The monoisotopic (exact) mass is 346 g/mol. The molecule has 1 saturated heterocycles. The fraction of sp³-hybridized carbons (Fsp3) is 0.600. The lowest BCUT2D eigenvalue weighted by Crippen LogP contribution is -2.25. The second-order valence-corrected chi connectivity index (χ2v) is 6.81. The summed E-state index contributed by atoms with van der Waals surface area (Å²) in [6.45, 7) is 3.44. The van der Waals surface area contributed by atoms with Gasteiger partial charge in [0.2, 0.25) is 11.8 Å². The minimum atomic E-state index is -0.263. The number of ether oxygens (including phenoxy) is 1. The maximum Gasteiger partial charge on any atom is 0.229 e. The van der Waals surface area contributed by atoms with Gasteiger partial charge in [0.15, 0.2) is 0 Å². The summed E-state index contributed by atoms with van der Waals surface area (Å²) in [6, 6.07) is 7.43. The molecule has 1 fully saturated rings. The molecule has 1 atom stereocenters. The Labute approximate surface area is 150 Å². The van der Waals surface area contributed by atoms with Crippen LogP contribution in [-0.2, 0) is 9.59 Å². The molecule has 2 rings (SSSR count). The van der Waals surface area contributed by atoms with Crippen LogP contribution >= 0.6 is 0 Å². The minimum Gasteiger partial charge on any atom is -0.494 e. The highest BCUT2D eigenvalue weighted by Crippen LogP contribution is 2.20. The van der Waals surface area contributed by atoms with Crippen molar-refractivity contribution in [3.63, 3.8) is 0 Å². The SMILES string of the molecule is CCCCCCCCOc1ccc(NC(=O)C2CC(=O)N(C)C2)cc1. The molecule has 1 unspecified atom stereocenters. The summed E-state index contributed by atoms with van der Waals surface area (Å²) in [5.74, 6) is 0.487. The van der Waals surface area contributed by atoms with Crippen molar-refractivity contribution in [2.75, 3.05) is 25.5 Å². The number of hydrogen-bond donors (Lipinski definition) is 1. The van der Waals surface area contributed by atoms with E-state index in [9.17, 15) is 9.59 Å². The first-order chi connectivity index (χ1) is 12.1. The molecule has 5 nitrogen and oxygen atoms in total. The molecule has 1 heterocycles. The van der Waals surface area contributed by atoms with E-state index in [4.69, 9.17) is 4.74 Å². The van der Waals surface area contributed by atoms with Crippen LogP contribution in [0.2, 0.25) is 0 Å². The van der Waals surface area contributed by atoms with Gasteiger partial charge in [-0.1, -0.05) is 39.0 Å². The van der Waals surface area contributed by atoms with Crippen molar-refractivity contribution < 1.29 is 14.3 Å². The van der Waals surface area contributed by atoms with E-state index in [1.54, 1.807) is 11.9 Å². The van der Waals surface area contributed by atoms with E-state index in [1.165, 1.54) is 32.1 Å². The number of anilines is 1. The Balaban J connectivity index is 1.67. The molecule has 5 heteroatoms. The molecule has 0 radical (unpaired) electrons. The quantitative estimate of drug-likeness (QED) is 0.655. The number of nitrogens with zero attached hydrogens (tertiary/aromatic N) is 1. The number of carbonyl (C=O) groups is 2. The molecule has 1 aromatic rings. The highest BCUT2D eigenvalue weighted by atomic mass is 16.5. The van der Waals surface area contributed by atoms with Gasteiger partial charge in [-0.2, -0.15) is 0 Å². The predicted molar refractivity (Wildman–Crippen MR) is 99.7 cm³/mol. The zero-order chi connectivity index (χ0) is 18.1. The Hall–Kier alpha value is -2.04. The third-order valence-corrected chi connectivity index (χ3v) is 4.60. The normalized spacial score (nSPS) is 17.0. The molecule has 1 N–H and O–H groups in total. The summed E-state index contributed by atoms with van der Waals surface area (Å²) in [5.41, 5.74) is 0.735. The number of likely N-dealkylation sites (tertiary alicyclic amines) is 1. The molecule has 1 aliphatic heterocycles. The number of carbonyl (C=O) groups excluding carboxylic acids is 2. The zero-order valence-corrected chi connectivity index (χ0v) is 15.4. The van der Waals surface area contributed by atoms with Gasteiger partial charge >= 0.3 is 0 Å². The van der Waals surface area contributed by atoms with Gasteiger partial charge in [-0.05, 0) is 30.7 Å². The Morgan fingerprint density at radius 1 is 1.16 bits per heavy atom. The number of nitrogens with one attached hydrogen (secondary N) is 1. The Morgan fingerprint density at radius 3 is 2.48 bits per heavy atom. The topological polar surface area (TPSA) is 58.6 Å². The van der Waals surface area contributed by atoms with Crippen LogP contribution in [0.25, 0.3) is 0 Å². The number of amides is 2. The largest absolute Gasteiger partial charge is 0.494 e. The number of rotatable bonds is 10. The van der Waals surface area contributed by atoms with Gasteiger partial charge < -0.3 is 15.0 Å². The number of benzene rings is 1. The van der Waals surface area contributed by atoms with Crippen LogP contribution < -0.4 is 10.1 Å². The van der Waals surface area contributed by atoms with Gasteiger partial charge in [0.05, 0.1) is 12.5 Å². The van der Waals surface area contributed by atoms with Crippen molar-refractivity contribution in [1.29, 1.82) is 0 Å². The van der Waals surface area contributed by atoms with Gasteiger partial charge in [0.25, 0.3) is 0 Å². The van der Waals surface area contributed by atoms with E-state index in [2.05, 4.69) is 12.2 Å². The van der Waals surface area contributed by atoms with Crippen molar-refractivity contribution >= 4 is 17.5 Å². The van der Waals surface area contributed by atoms with Crippen LogP contribution in [0.5, 0.6) is 5.75 Å². The third-order valence-electron chi connectivity index (χ3n) is 4.60. The molecule has 25 heavy (non-hydrogen) atoms. The summed E-state index contributed by atoms with van der Waals surface area (Å²) < 4.78 is 5.74. The lowest BCUT2D eigenvalue weighted by Gasteiger charge is -2.12. The maximum atomic E-state index is 12.2. The molecule has 0 aromatic heterocycles. The molecule has 1 aliphatic rings. The Bertz CT molecular complexity index is 557. The van der Waals surface area contributed by atoms with Crippen LogP contribution in [0.15, 0.2) is 24.3 Å². The lowest BCUT2D eigenvalue weighted by molar-refractivity contribution is -0.127. The van der Waals surface area contributed by atoms with Crippen LogP contribution in [0.4, 0.5) is 5.69 Å². The van der Waals surface area contributed by atoms with E-state index in [1.807, 2.05) is 24.3 Å². The smallest absolute Gasteiger partial charge is 0.229 e. The van der Waals surface area contributed by atoms with Gasteiger partial charge in [0.1, 0.15) is 5.75 Å². The minimum absolute atomic E-state index is 0.0265. The van der Waals surface area contributed by atoms with E-state index in [0.29, 0.717) is 13.0 Å². The number of unbranched alkanes of at least 4 members (excludes halogenated alkanes) is 5. The van der Waals surface area contributed by atoms with E-state index < -0.39 is 0 Å². The average molecular weight is 346 g/mol. The van der Waals surface area contributed by atoms with Crippen LogP contribution in [0.3, 0.4) is 0 Å². The molecule has 138 valence electrons. The molecule has 0 bridgehead atoms. The van der Waals surface area contributed by atoms with E-state index >= 15 is 0 Å². The fourth-order valence-electron chi connectivity index (χ4n) is 2.99. The van der Waals surface area contributed by atoms with Crippen molar-refractivity contribution in [1.82, 2.24) is 4.90 Å². The molecule has 1 aromatic carbocycles. The molecular weight excluding hydrogens is 316 g/mol. The first-order valence-corrected chi connectivity index (χ1v) is 9.38. The second kappa shape index (κ2) is 10.1. The van der Waals surface area contributed by atoms with Crippen LogP contribution in [0.1, 0.15) is 51.9 Å². The first kappa shape index (κ1) is 19.3. The van der Waals surface area contributed by atoms with E-state index in [-0.39, 0.29) is 17.7 Å². The average Bonchev–Trinajstić information content (AvgIpc) is 2.95. The zero-order valence-electron chi connectivity index (χ0n) is 15.4. The lowest BCUT2D eigenvalue weighted by atomic mass is 10.1. The standard InChI is InChI=1S/C20H30N2O3/c1-3-4-5-6-7-8-13-25-18-11-9-17(10-12-18)21-20(24)16-14-19(23)22(2)15-16/h9-12,16H,3-8,13-15H2,1-2H3,(H,21,24). The van der Waals surface area contributed by atoms with Crippen LogP contribution in [-0.4, -0.2) is 36.9 Å². The maximum absolute atomic E-state index is 12.2. The summed E-state index contributed by atoms with van der Waals surface area (Å²) in [7, 11) is 1.73. The molecule has 0 aliphatic carbocycles. The Kier molecular flexibility index (Phi) is 7.76. The van der Waals surface area contributed by atoms with Crippen molar-refractivity contribution in [3.05, 3.63) is 24.3 Å². The Morgan fingerprint density at radius 2 is 1.84 bits per heavy atom.